The molecule has 5 nitrogen and oxygen atoms in total. The topological polar surface area (TPSA) is 36.3 Å². The van der Waals surface area contributed by atoms with E-state index in [0.717, 1.165) is 30.4 Å². The molecule has 2 aromatic heterocycles. The third kappa shape index (κ3) is 3.48. The summed E-state index contributed by atoms with van der Waals surface area (Å²) in [4.78, 5) is 9.14. The van der Waals surface area contributed by atoms with E-state index in [2.05, 4.69) is 71.7 Å². The van der Waals surface area contributed by atoms with Gasteiger partial charge in [-0.1, -0.05) is 6.07 Å². The van der Waals surface area contributed by atoms with Gasteiger partial charge in [0.25, 0.3) is 0 Å². The van der Waals surface area contributed by atoms with Crippen LogP contribution in [0.3, 0.4) is 0 Å². The van der Waals surface area contributed by atoms with Crippen LogP contribution in [0.1, 0.15) is 41.7 Å². The molecule has 1 fully saturated rings. The molecule has 1 aliphatic rings. The van der Waals surface area contributed by atoms with Gasteiger partial charge in [0, 0.05) is 37.2 Å². The van der Waals surface area contributed by atoms with Gasteiger partial charge in [-0.2, -0.15) is 0 Å². The lowest BCUT2D eigenvalue weighted by Crippen LogP contribution is -2.35. The van der Waals surface area contributed by atoms with E-state index in [0.29, 0.717) is 0 Å². The summed E-state index contributed by atoms with van der Waals surface area (Å²) in [7, 11) is 4.20. The second-order valence-corrected chi connectivity index (χ2v) is 7.58. The first-order valence-corrected chi connectivity index (χ1v) is 9.64. The molecule has 0 radical (unpaired) electrons. The summed E-state index contributed by atoms with van der Waals surface area (Å²) in [6.07, 6.45) is 1.86. The summed E-state index contributed by atoms with van der Waals surface area (Å²) in [5.41, 5.74) is 4.99. The number of hydrogen-bond donors (Lipinski definition) is 1. The van der Waals surface area contributed by atoms with E-state index < -0.39 is 0 Å². The largest absolute Gasteiger partial charge is 0.352 e. The zero-order chi connectivity index (χ0) is 18.8. The molecule has 3 heterocycles. The number of pyridine rings is 1. The van der Waals surface area contributed by atoms with Crippen LogP contribution in [-0.2, 0) is 6.54 Å². The number of hydrogen-bond acceptors (Lipinski definition) is 3. The predicted molar refractivity (Wildman–Crippen MR) is 110 cm³/mol. The number of aromatic nitrogens is 2. The Hall–Kier alpha value is -1.92. The van der Waals surface area contributed by atoms with Crippen LogP contribution in [0.25, 0.3) is 0 Å². The molecule has 26 heavy (non-hydrogen) atoms. The SMILES string of the molecule is CCn1c(C)cc([C@@H]2[C@@H](c3ccccn3)NC(=S)N2CCN(C)C)c1C. The normalized spacial score (nSPS) is 20.1. The van der Waals surface area contributed by atoms with Gasteiger partial charge in [0.2, 0.25) is 0 Å². The monoisotopic (exact) mass is 371 g/mol. The molecular formula is C20H29N5S. The van der Waals surface area contributed by atoms with Crippen LogP contribution in [-0.4, -0.2) is 51.6 Å². The zero-order valence-electron chi connectivity index (χ0n) is 16.4. The lowest BCUT2D eigenvalue weighted by atomic mass is 9.97. The van der Waals surface area contributed by atoms with Crippen molar-refractivity contribution in [3.05, 3.63) is 53.1 Å². The Balaban J connectivity index is 2.04. The third-order valence-electron chi connectivity index (χ3n) is 5.23. The molecule has 0 amide bonds. The van der Waals surface area contributed by atoms with Crippen molar-refractivity contribution in [2.75, 3.05) is 27.2 Å². The fourth-order valence-electron chi connectivity index (χ4n) is 3.91. The first-order chi connectivity index (χ1) is 12.4. The minimum atomic E-state index is 0.0664. The van der Waals surface area contributed by atoms with Crippen LogP contribution in [0.5, 0.6) is 0 Å². The van der Waals surface area contributed by atoms with Crippen LogP contribution in [0.15, 0.2) is 30.5 Å². The van der Waals surface area contributed by atoms with Crippen molar-refractivity contribution in [1.82, 2.24) is 24.7 Å². The third-order valence-corrected chi connectivity index (χ3v) is 5.59. The summed E-state index contributed by atoms with van der Waals surface area (Å²) in [5, 5.41) is 4.35. The Morgan fingerprint density at radius 3 is 2.62 bits per heavy atom. The van der Waals surface area contributed by atoms with Crippen molar-refractivity contribution in [3.63, 3.8) is 0 Å². The number of nitrogens with one attached hydrogen (secondary N) is 1. The Morgan fingerprint density at radius 2 is 2.04 bits per heavy atom. The van der Waals surface area contributed by atoms with Gasteiger partial charge in [-0.3, -0.25) is 4.98 Å². The van der Waals surface area contributed by atoms with E-state index in [-0.39, 0.29) is 12.1 Å². The minimum Gasteiger partial charge on any atom is -0.352 e. The van der Waals surface area contributed by atoms with Crippen LogP contribution in [0.2, 0.25) is 0 Å². The van der Waals surface area contributed by atoms with Gasteiger partial charge in [-0.25, -0.2) is 0 Å². The molecular weight excluding hydrogens is 342 g/mol. The Morgan fingerprint density at radius 1 is 1.27 bits per heavy atom. The molecule has 2 atom stereocenters. The van der Waals surface area contributed by atoms with E-state index >= 15 is 0 Å². The molecule has 0 saturated carbocycles. The van der Waals surface area contributed by atoms with E-state index in [4.69, 9.17) is 12.2 Å². The first-order valence-electron chi connectivity index (χ1n) is 9.23. The predicted octanol–water partition coefficient (Wildman–Crippen LogP) is 3.05. The number of thiocarbonyl (C=S) groups is 1. The van der Waals surface area contributed by atoms with Crippen molar-refractivity contribution in [1.29, 1.82) is 0 Å². The van der Waals surface area contributed by atoms with Gasteiger partial charge in [0.1, 0.15) is 0 Å². The number of aryl methyl sites for hydroxylation is 1. The van der Waals surface area contributed by atoms with Gasteiger partial charge < -0.3 is 19.7 Å². The second kappa shape index (κ2) is 7.76. The molecule has 0 unspecified atom stereocenters. The summed E-state index contributed by atoms with van der Waals surface area (Å²) >= 11 is 5.72. The lowest BCUT2D eigenvalue weighted by Gasteiger charge is -2.29. The van der Waals surface area contributed by atoms with Crippen molar-refractivity contribution < 1.29 is 0 Å². The average molecular weight is 372 g/mol. The molecule has 6 heteroatoms. The average Bonchev–Trinajstić information content (AvgIpc) is 3.09. The van der Waals surface area contributed by atoms with Gasteiger partial charge in [-0.15, -0.1) is 0 Å². The smallest absolute Gasteiger partial charge is 0.170 e. The number of nitrogens with zero attached hydrogens (tertiary/aromatic N) is 4. The summed E-state index contributed by atoms with van der Waals surface area (Å²) in [6.45, 7) is 9.42. The molecule has 0 aromatic carbocycles. The van der Waals surface area contributed by atoms with Gasteiger partial charge in [0.15, 0.2) is 5.11 Å². The molecule has 3 rings (SSSR count). The highest BCUT2D eigenvalue weighted by molar-refractivity contribution is 7.80. The highest BCUT2D eigenvalue weighted by atomic mass is 32.1. The van der Waals surface area contributed by atoms with E-state index in [1.54, 1.807) is 0 Å². The molecule has 1 saturated heterocycles. The number of rotatable bonds is 6. The van der Waals surface area contributed by atoms with Gasteiger partial charge in [0.05, 0.1) is 17.8 Å². The molecule has 0 bridgehead atoms. The standard InChI is InChI=1S/C20H29N5S/c1-6-24-14(2)13-16(15(24)3)19-18(17-9-7-8-10-21-17)22-20(26)25(19)12-11-23(4)5/h7-10,13,18-19H,6,11-12H2,1-5H3,(H,22,26)/t18-,19-/m1/s1. The maximum absolute atomic E-state index is 5.72. The number of likely N-dealkylation sites (N-methyl/N-ethyl adjacent to an activating group) is 1. The van der Waals surface area contributed by atoms with Crippen molar-refractivity contribution >= 4 is 17.3 Å². The Kier molecular flexibility index (Phi) is 5.63. The van der Waals surface area contributed by atoms with E-state index in [9.17, 15) is 0 Å². The van der Waals surface area contributed by atoms with E-state index in [1.807, 2.05) is 18.3 Å². The molecule has 0 spiro atoms. The fraction of sp³-hybridized carbons (Fsp3) is 0.500. The van der Waals surface area contributed by atoms with Crippen LogP contribution in [0, 0.1) is 13.8 Å². The summed E-state index contributed by atoms with van der Waals surface area (Å²) in [5.74, 6) is 0. The minimum absolute atomic E-state index is 0.0664. The van der Waals surface area contributed by atoms with Crippen molar-refractivity contribution in [2.24, 2.45) is 0 Å². The Labute approximate surface area is 162 Å². The molecule has 0 aliphatic carbocycles. The molecule has 1 N–H and O–H groups in total. The highest BCUT2D eigenvalue weighted by Gasteiger charge is 2.41. The Bertz CT molecular complexity index is 768. The quantitative estimate of drug-likeness (QED) is 0.790. The highest BCUT2D eigenvalue weighted by Crippen LogP contribution is 2.40. The summed E-state index contributed by atoms with van der Waals surface area (Å²) in [6, 6.07) is 8.63. The van der Waals surface area contributed by atoms with Gasteiger partial charge >= 0.3 is 0 Å². The van der Waals surface area contributed by atoms with Crippen LogP contribution >= 0.6 is 12.2 Å². The van der Waals surface area contributed by atoms with Crippen molar-refractivity contribution in [2.45, 2.75) is 39.4 Å². The summed E-state index contributed by atoms with van der Waals surface area (Å²) < 4.78 is 2.37. The maximum atomic E-state index is 5.72. The molecule has 2 aromatic rings. The maximum Gasteiger partial charge on any atom is 0.170 e. The lowest BCUT2D eigenvalue weighted by molar-refractivity contribution is 0.277. The first kappa shape index (κ1) is 18.9. The van der Waals surface area contributed by atoms with Crippen molar-refractivity contribution in [3.8, 4) is 0 Å². The van der Waals surface area contributed by atoms with E-state index in [1.165, 1.54) is 17.0 Å². The zero-order valence-corrected chi connectivity index (χ0v) is 17.2. The van der Waals surface area contributed by atoms with Crippen LogP contribution in [0.4, 0.5) is 0 Å². The molecule has 1 aliphatic heterocycles. The molecule has 140 valence electrons. The van der Waals surface area contributed by atoms with Crippen LogP contribution < -0.4 is 5.32 Å². The second-order valence-electron chi connectivity index (χ2n) is 7.19. The fourth-order valence-corrected chi connectivity index (χ4v) is 4.24. The van der Waals surface area contributed by atoms with Gasteiger partial charge in [-0.05, 0) is 70.8 Å².